The Bertz CT molecular complexity index is 1200. The standard InChI is InChI=1S/C31H40BrN3O4/c1-6-7-14-34(21-27-9-8-15-33(27)20-24-10-12-26(32)13-11-24)30(36)22-35(19-23(2)3)31(37)25-16-28(38-4)18-29(17-25)39-5/h8-13,15-18,23H,6-7,14,19-22H2,1-5H3. The minimum Gasteiger partial charge on any atom is -0.497 e. The zero-order valence-corrected chi connectivity index (χ0v) is 25.2. The number of nitrogens with zero attached hydrogens (tertiary/aromatic N) is 3. The van der Waals surface area contributed by atoms with Crippen LogP contribution in [0.3, 0.4) is 0 Å². The van der Waals surface area contributed by atoms with Crippen LogP contribution in [-0.2, 0) is 17.9 Å². The maximum atomic E-state index is 13.7. The molecule has 0 saturated carbocycles. The second-order valence-electron chi connectivity index (χ2n) is 10.1. The van der Waals surface area contributed by atoms with Crippen molar-refractivity contribution in [3.05, 3.63) is 82.1 Å². The highest BCUT2D eigenvalue weighted by atomic mass is 79.9. The van der Waals surface area contributed by atoms with Gasteiger partial charge in [0, 0.05) is 47.6 Å². The lowest BCUT2D eigenvalue weighted by atomic mass is 10.1. The Morgan fingerprint density at radius 3 is 2.23 bits per heavy atom. The molecule has 0 N–H and O–H groups in total. The van der Waals surface area contributed by atoms with E-state index in [1.807, 2.05) is 43.1 Å². The summed E-state index contributed by atoms with van der Waals surface area (Å²) in [6, 6.07) is 17.4. The van der Waals surface area contributed by atoms with E-state index in [0.29, 0.717) is 36.7 Å². The Morgan fingerprint density at radius 2 is 1.64 bits per heavy atom. The second-order valence-corrected chi connectivity index (χ2v) is 11.0. The van der Waals surface area contributed by atoms with Gasteiger partial charge in [-0.2, -0.15) is 0 Å². The number of rotatable bonds is 14. The molecule has 3 rings (SSSR count). The lowest BCUT2D eigenvalue weighted by Gasteiger charge is -2.29. The van der Waals surface area contributed by atoms with Gasteiger partial charge in [-0.1, -0.05) is 55.3 Å². The number of hydrogen-bond acceptors (Lipinski definition) is 4. The largest absolute Gasteiger partial charge is 0.497 e. The van der Waals surface area contributed by atoms with Gasteiger partial charge >= 0.3 is 0 Å². The number of halogens is 1. The molecule has 0 spiro atoms. The van der Waals surface area contributed by atoms with Crippen molar-refractivity contribution in [2.75, 3.05) is 33.9 Å². The van der Waals surface area contributed by atoms with Gasteiger partial charge in [0.15, 0.2) is 0 Å². The molecule has 0 radical (unpaired) electrons. The van der Waals surface area contributed by atoms with E-state index < -0.39 is 0 Å². The van der Waals surface area contributed by atoms with Crippen LogP contribution in [0, 0.1) is 5.92 Å². The summed E-state index contributed by atoms with van der Waals surface area (Å²) in [6.07, 6.45) is 3.91. The fraction of sp³-hybridized carbons (Fsp3) is 0.419. The predicted octanol–water partition coefficient (Wildman–Crippen LogP) is 6.24. The molecule has 0 bridgehead atoms. The summed E-state index contributed by atoms with van der Waals surface area (Å²) in [5.74, 6) is 0.975. The number of carbonyl (C=O) groups excluding carboxylic acids is 2. The minimum atomic E-state index is -0.219. The molecule has 0 fully saturated rings. The fourth-order valence-electron chi connectivity index (χ4n) is 4.41. The summed E-state index contributed by atoms with van der Waals surface area (Å²) in [7, 11) is 3.10. The molecule has 2 amide bonds. The maximum absolute atomic E-state index is 13.7. The van der Waals surface area contributed by atoms with Crippen LogP contribution >= 0.6 is 15.9 Å². The van der Waals surface area contributed by atoms with E-state index >= 15 is 0 Å². The van der Waals surface area contributed by atoms with E-state index in [0.717, 1.165) is 29.6 Å². The number of aromatic nitrogens is 1. The van der Waals surface area contributed by atoms with Crippen LogP contribution in [0.15, 0.2) is 65.3 Å². The van der Waals surface area contributed by atoms with Gasteiger partial charge in [-0.3, -0.25) is 9.59 Å². The van der Waals surface area contributed by atoms with E-state index in [2.05, 4.69) is 45.6 Å². The summed E-state index contributed by atoms with van der Waals surface area (Å²) in [5, 5.41) is 0. The van der Waals surface area contributed by atoms with E-state index in [9.17, 15) is 9.59 Å². The first-order chi connectivity index (χ1) is 18.7. The Balaban J connectivity index is 1.81. The molecule has 8 heteroatoms. The van der Waals surface area contributed by atoms with E-state index in [1.165, 1.54) is 5.56 Å². The summed E-state index contributed by atoms with van der Waals surface area (Å²) in [5.41, 5.74) is 2.68. The smallest absolute Gasteiger partial charge is 0.254 e. The van der Waals surface area contributed by atoms with Crippen LogP contribution in [0.4, 0.5) is 0 Å². The van der Waals surface area contributed by atoms with Gasteiger partial charge in [0.25, 0.3) is 5.91 Å². The quantitative estimate of drug-likeness (QED) is 0.220. The van der Waals surface area contributed by atoms with Crippen LogP contribution in [0.5, 0.6) is 11.5 Å². The Kier molecular flexibility index (Phi) is 11.5. The van der Waals surface area contributed by atoms with Gasteiger partial charge in [0.05, 0.1) is 20.8 Å². The molecule has 39 heavy (non-hydrogen) atoms. The highest BCUT2D eigenvalue weighted by molar-refractivity contribution is 9.10. The van der Waals surface area contributed by atoms with Crippen LogP contribution in [-0.4, -0.2) is 60.0 Å². The average Bonchev–Trinajstić information content (AvgIpc) is 3.36. The number of ether oxygens (including phenoxy) is 2. The van der Waals surface area contributed by atoms with Crippen molar-refractivity contribution in [2.45, 2.75) is 46.7 Å². The van der Waals surface area contributed by atoms with Crippen molar-refractivity contribution in [3.8, 4) is 11.5 Å². The molecule has 1 heterocycles. The topological polar surface area (TPSA) is 64.0 Å². The molecule has 0 aliphatic heterocycles. The van der Waals surface area contributed by atoms with Crippen LogP contribution < -0.4 is 9.47 Å². The molecule has 1 aromatic heterocycles. The normalized spacial score (nSPS) is 10.9. The number of methoxy groups -OCH3 is 2. The molecule has 0 unspecified atom stereocenters. The van der Waals surface area contributed by atoms with Crippen molar-refractivity contribution in [1.82, 2.24) is 14.4 Å². The van der Waals surface area contributed by atoms with Crippen LogP contribution in [0.1, 0.15) is 55.2 Å². The van der Waals surface area contributed by atoms with Gasteiger partial charge < -0.3 is 23.8 Å². The number of unbranched alkanes of at least 4 members (excludes halogenated alkanes) is 1. The molecule has 0 aliphatic carbocycles. The number of amides is 2. The number of benzene rings is 2. The molecule has 210 valence electrons. The minimum absolute atomic E-state index is 0.00761. The van der Waals surface area contributed by atoms with Crippen molar-refractivity contribution >= 4 is 27.7 Å². The molecule has 0 aliphatic rings. The van der Waals surface area contributed by atoms with Crippen LogP contribution in [0.2, 0.25) is 0 Å². The third kappa shape index (κ3) is 8.88. The van der Waals surface area contributed by atoms with Gasteiger partial charge in [-0.15, -0.1) is 0 Å². The van der Waals surface area contributed by atoms with Crippen LogP contribution in [0.25, 0.3) is 0 Å². The summed E-state index contributed by atoms with van der Waals surface area (Å²) in [6.45, 7) is 8.51. The van der Waals surface area contributed by atoms with Crippen molar-refractivity contribution in [3.63, 3.8) is 0 Å². The summed E-state index contributed by atoms with van der Waals surface area (Å²) in [4.78, 5) is 30.9. The molecule has 2 aromatic carbocycles. The van der Waals surface area contributed by atoms with Gasteiger partial charge in [-0.05, 0) is 54.3 Å². The van der Waals surface area contributed by atoms with E-state index in [1.54, 1.807) is 37.3 Å². The SMILES string of the molecule is CCCCN(Cc1cccn1Cc1ccc(Br)cc1)C(=O)CN(CC(C)C)C(=O)c1cc(OC)cc(OC)c1. The summed E-state index contributed by atoms with van der Waals surface area (Å²) < 4.78 is 13.9. The predicted molar refractivity (Wildman–Crippen MR) is 158 cm³/mol. The zero-order valence-electron chi connectivity index (χ0n) is 23.7. The van der Waals surface area contributed by atoms with Gasteiger partial charge in [0.2, 0.25) is 5.91 Å². The molecular formula is C31H40BrN3O4. The maximum Gasteiger partial charge on any atom is 0.254 e. The highest BCUT2D eigenvalue weighted by Gasteiger charge is 2.24. The molecule has 7 nitrogen and oxygen atoms in total. The Morgan fingerprint density at radius 1 is 0.974 bits per heavy atom. The average molecular weight is 599 g/mol. The van der Waals surface area contributed by atoms with Gasteiger partial charge in [0.1, 0.15) is 18.0 Å². The lowest BCUT2D eigenvalue weighted by molar-refractivity contribution is -0.132. The van der Waals surface area contributed by atoms with E-state index in [-0.39, 0.29) is 24.3 Å². The highest BCUT2D eigenvalue weighted by Crippen LogP contribution is 2.24. The Hall–Kier alpha value is -3.26. The molecule has 0 atom stereocenters. The number of hydrogen-bond donors (Lipinski definition) is 0. The van der Waals surface area contributed by atoms with Crippen molar-refractivity contribution in [2.24, 2.45) is 5.92 Å². The zero-order chi connectivity index (χ0) is 28.4. The molecule has 0 saturated heterocycles. The van der Waals surface area contributed by atoms with Gasteiger partial charge in [-0.25, -0.2) is 0 Å². The van der Waals surface area contributed by atoms with E-state index in [4.69, 9.17) is 9.47 Å². The second kappa shape index (κ2) is 14.8. The third-order valence-electron chi connectivity index (χ3n) is 6.47. The molecule has 3 aromatic rings. The Labute approximate surface area is 240 Å². The lowest BCUT2D eigenvalue weighted by Crippen LogP contribution is -2.44. The monoisotopic (exact) mass is 597 g/mol. The first-order valence-electron chi connectivity index (χ1n) is 13.4. The van der Waals surface area contributed by atoms with Crippen molar-refractivity contribution in [1.29, 1.82) is 0 Å². The third-order valence-corrected chi connectivity index (χ3v) is 7.00. The number of carbonyl (C=O) groups is 2. The molecular weight excluding hydrogens is 558 g/mol. The van der Waals surface area contributed by atoms with Crippen molar-refractivity contribution < 1.29 is 19.1 Å². The fourth-order valence-corrected chi connectivity index (χ4v) is 4.67. The first-order valence-corrected chi connectivity index (χ1v) is 14.2. The summed E-state index contributed by atoms with van der Waals surface area (Å²) >= 11 is 3.49. The first kappa shape index (κ1) is 30.3.